The van der Waals surface area contributed by atoms with Gasteiger partial charge in [0.2, 0.25) is 5.91 Å². The van der Waals surface area contributed by atoms with Crippen molar-refractivity contribution in [2.24, 2.45) is 0 Å². The molecule has 36 heavy (non-hydrogen) atoms. The van der Waals surface area contributed by atoms with E-state index >= 15 is 4.39 Å². The summed E-state index contributed by atoms with van der Waals surface area (Å²) in [5, 5.41) is 0. The zero-order valence-corrected chi connectivity index (χ0v) is 19.6. The van der Waals surface area contributed by atoms with Crippen LogP contribution in [-0.2, 0) is 23.8 Å². The minimum atomic E-state index is -4.40. The van der Waals surface area contributed by atoms with E-state index in [0.29, 0.717) is 43.5 Å². The van der Waals surface area contributed by atoms with E-state index in [0.717, 1.165) is 42.8 Å². The molecule has 3 heterocycles. The number of aromatic nitrogens is 2. The van der Waals surface area contributed by atoms with Crippen LogP contribution in [0.25, 0.3) is 0 Å². The van der Waals surface area contributed by atoms with Gasteiger partial charge in [0, 0.05) is 25.2 Å². The Kier molecular flexibility index (Phi) is 6.64. The molecule has 2 fully saturated rings. The summed E-state index contributed by atoms with van der Waals surface area (Å²) in [6.45, 7) is 1.30. The van der Waals surface area contributed by atoms with Gasteiger partial charge in [0.15, 0.2) is 11.6 Å². The molecule has 2 saturated heterocycles. The highest BCUT2D eigenvalue weighted by Gasteiger charge is 2.33. The maximum atomic E-state index is 15.5. The summed E-state index contributed by atoms with van der Waals surface area (Å²) >= 11 is 0. The molecule has 1 aromatic heterocycles. The molecule has 5 rings (SSSR count). The predicted octanol–water partition coefficient (Wildman–Crippen LogP) is 5.89. The van der Waals surface area contributed by atoms with E-state index in [4.69, 9.17) is 0 Å². The molecule has 0 N–H and O–H groups in total. The summed E-state index contributed by atoms with van der Waals surface area (Å²) in [6, 6.07) is 12.5. The third kappa shape index (κ3) is 4.92. The number of halogens is 4. The maximum Gasteiger partial charge on any atom is 0.416 e. The number of carbonyl (C=O) groups excluding carboxylic acids is 1. The fourth-order valence-corrected chi connectivity index (χ4v) is 5.06. The number of aryl methyl sites for hydroxylation is 2. The van der Waals surface area contributed by atoms with Crippen LogP contribution in [0, 0.1) is 5.82 Å². The van der Waals surface area contributed by atoms with Gasteiger partial charge in [0.1, 0.15) is 6.33 Å². The van der Waals surface area contributed by atoms with Crippen LogP contribution in [0.4, 0.5) is 29.1 Å². The molecular weight excluding hydrogens is 472 g/mol. The molecule has 1 atom stereocenters. The number of benzene rings is 2. The second kappa shape index (κ2) is 9.87. The SMILES string of the molecule is O=C1CCCN1c1ccc(CCc2ncnc(N3CCCC3c3ccc(C(F)(F)F)cc3)c2F)cc1. The van der Waals surface area contributed by atoms with Gasteiger partial charge in [-0.3, -0.25) is 4.79 Å². The van der Waals surface area contributed by atoms with Crippen molar-refractivity contribution in [3.63, 3.8) is 0 Å². The number of carbonyl (C=O) groups is 1. The largest absolute Gasteiger partial charge is 0.416 e. The van der Waals surface area contributed by atoms with E-state index in [-0.39, 0.29) is 17.8 Å². The zero-order valence-electron chi connectivity index (χ0n) is 19.6. The molecule has 188 valence electrons. The summed E-state index contributed by atoms with van der Waals surface area (Å²) in [7, 11) is 0. The Morgan fingerprint density at radius 2 is 1.67 bits per heavy atom. The Hall–Kier alpha value is -3.49. The quantitative estimate of drug-likeness (QED) is 0.398. The zero-order chi connectivity index (χ0) is 25.3. The van der Waals surface area contributed by atoms with Crippen LogP contribution in [0.3, 0.4) is 0 Å². The molecule has 0 radical (unpaired) electrons. The highest BCUT2D eigenvalue weighted by atomic mass is 19.4. The van der Waals surface area contributed by atoms with Crippen molar-refractivity contribution in [3.8, 4) is 0 Å². The monoisotopic (exact) mass is 498 g/mol. The highest BCUT2D eigenvalue weighted by molar-refractivity contribution is 5.95. The number of hydrogen-bond acceptors (Lipinski definition) is 4. The number of hydrogen-bond donors (Lipinski definition) is 0. The molecule has 0 bridgehead atoms. The van der Waals surface area contributed by atoms with Crippen LogP contribution in [0.2, 0.25) is 0 Å². The molecule has 2 aromatic carbocycles. The third-order valence-electron chi connectivity index (χ3n) is 6.96. The minimum Gasteiger partial charge on any atom is -0.347 e. The van der Waals surface area contributed by atoms with Gasteiger partial charge in [-0.25, -0.2) is 14.4 Å². The van der Waals surface area contributed by atoms with Crippen LogP contribution in [0.1, 0.15) is 54.1 Å². The van der Waals surface area contributed by atoms with Gasteiger partial charge in [0.25, 0.3) is 0 Å². The third-order valence-corrected chi connectivity index (χ3v) is 6.96. The highest BCUT2D eigenvalue weighted by Crippen LogP contribution is 2.38. The second-order valence-electron chi connectivity index (χ2n) is 9.24. The molecule has 9 heteroatoms. The van der Waals surface area contributed by atoms with Crippen LogP contribution >= 0.6 is 0 Å². The average Bonchev–Trinajstić information content (AvgIpc) is 3.53. The standard InChI is InChI=1S/C27H26F4N4O/c28-25-22(14-7-18-5-12-21(13-6-18)34-15-2-4-24(34)36)32-17-33-26(25)35-16-1-3-23(35)19-8-10-20(11-9-19)27(29,30)31/h5-6,8-13,17,23H,1-4,7,14-16H2. The Balaban J connectivity index is 1.29. The summed E-state index contributed by atoms with van der Waals surface area (Å²) < 4.78 is 54.3. The smallest absolute Gasteiger partial charge is 0.347 e. The van der Waals surface area contributed by atoms with Gasteiger partial charge in [-0.15, -0.1) is 0 Å². The van der Waals surface area contributed by atoms with E-state index in [2.05, 4.69) is 9.97 Å². The summed E-state index contributed by atoms with van der Waals surface area (Å²) in [5.41, 5.74) is 2.19. The lowest BCUT2D eigenvalue weighted by molar-refractivity contribution is -0.137. The van der Waals surface area contributed by atoms with Crippen molar-refractivity contribution in [1.29, 1.82) is 0 Å². The van der Waals surface area contributed by atoms with E-state index in [1.807, 2.05) is 29.2 Å². The topological polar surface area (TPSA) is 49.3 Å². The van der Waals surface area contributed by atoms with Crippen molar-refractivity contribution in [2.75, 3.05) is 22.9 Å². The molecule has 0 aliphatic carbocycles. The van der Waals surface area contributed by atoms with Gasteiger partial charge in [-0.1, -0.05) is 24.3 Å². The molecule has 3 aromatic rings. The van der Waals surface area contributed by atoms with E-state index in [1.165, 1.54) is 18.5 Å². The van der Waals surface area contributed by atoms with Crippen molar-refractivity contribution in [1.82, 2.24) is 9.97 Å². The lowest BCUT2D eigenvalue weighted by Crippen LogP contribution is -2.25. The molecule has 2 aliphatic rings. The van der Waals surface area contributed by atoms with Gasteiger partial charge >= 0.3 is 6.18 Å². The molecular formula is C27H26F4N4O. The number of alkyl halides is 3. The summed E-state index contributed by atoms with van der Waals surface area (Å²) in [5.74, 6) is -0.171. The minimum absolute atomic E-state index is 0.134. The molecule has 0 spiro atoms. The Labute approximate surface area is 206 Å². The van der Waals surface area contributed by atoms with Crippen LogP contribution in [0.5, 0.6) is 0 Å². The number of amides is 1. The first kappa shape index (κ1) is 24.2. The number of nitrogens with zero attached hydrogens (tertiary/aromatic N) is 4. The second-order valence-corrected chi connectivity index (χ2v) is 9.24. The lowest BCUT2D eigenvalue weighted by atomic mass is 10.0. The van der Waals surface area contributed by atoms with Crippen molar-refractivity contribution < 1.29 is 22.4 Å². The predicted molar refractivity (Wildman–Crippen MR) is 128 cm³/mol. The normalized spacial score (nSPS) is 18.3. The van der Waals surface area contributed by atoms with Crippen LogP contribution in [-0.4, -0.2) is 29.0 Å². The van der Waals surface area contributed by atoms with Gasteiger partial charge in [0.05, 0.1) is 17.3 Å². The van der Waals surface area contributed by atoms with Crippen LogP contribution in [0.15, 0.2) is 54.9 Å². The Bertz CT molecular complexity index is 1230. The van der Waals surface area contributed by atoms with Gasteiger partial charge < -0.3 is 9.80 Å². The molecule has 0 saturated carbocycles. The van der Waals surface area contributed by atoms with E-state index in [9.17, 15) is 18.0 Å². The molecule has 1 unspecified atom stereocenters. The lowest BCUT2D eigenvalue weighted by Gasteiger charge is -2.27. The van der Waals surface area contributed by atoms with Gasteiger partial charge in [-0.2, -0.15) is 13.2 Å². The van der Waals surface area contributed by atoms with Crippen molar-refractivity contribution >= 4 is 17.4 Å². The Morgan fingerprint density at radius 1 is 0.917 bits per heavy atom. The fourth-order valence-electron chi connectivity index (χ4n) is 5.06. The fraction of sp³-hybridized carbons (Fsp3) is 0.370. The molecule has 2 aliphatic heterocycles. The van der Waals surface area contributed by atoms with Crippen molar-refractivity contribution in [3.05, 3.63) is 83.1 Å². The molecule has 5 nitrogen and oxygen atoms in total. The number of anilines is 2. The first-order valence-electron chi connectivity index (χ1n) is 12.1. The first-order chi connectivity index (χ1) is 17.3. The number of rotatable bonds is 6. The van der Waals surface area contributed by atoms with Crippen LogP contribution < -0.4 is 9.80 Å². The summed E-state index contributed by atoms with van der Waals surface area (Å²) in [6.07, 6.45) is 0.838. The summed E-state index contributed by atoms with van der Waals surface area (Å²) in [4.78, 5) is 23.9. The maximum absolute atomic E-state index is 15.5. The molecule has 1 amide bonds. The average molecular weight is 499 g/mol. The first-order valence-corrected chi connectivity index (χ1v) is 12.1. The van der Waals surface area contributed by atoms with Gasteiger partial charge in [-0.05, 0) is 67.5 Å². The van der Waals surface area contributed by atoms with E-state index in [1.54, 1.807) is 4.90 Å². The van der Waals surface area contributed by atoms with Crippen molar-refractivity contribution in [2.45, 2.75) is 50.7 Å². The Morgan fingerprint density at radius 3 is 2.33 bits per heavy atom. The van der Waals surface area contributed by atoms with E-state index < -0.39 is 17.6 Å².